The number of nitrogens with zero attached hydrogens (tertiary/aromatic N) is 1. The smallest absolute Gasteiger partial charge is 0.315 e. The largest absolute Gasteiger partial charge is 0.342 e. The maximum Gasteiger partial charge on any atom is 0.315 e. The minimum Gasteiger partial charge on any atom is -0.342 e. The number of piperidine rings is 1. The molecule has 160 valence electrons. The van der Waals surface area contributed by atoms with Gasteiger partial charge in [-0.25, -0.2) is 4.79 Å². The van der Waals surface area contributed by atoms with Gasteiger partial charge in [-0.1, -0.05) is 46.0 Å². The predicted molar refractivity (Wildman–Crippen MR) is 113 cm³/mol. The molecule has 2 unspecified atom stereocenters. The van der Waals surface area contributed by atoms with Crippen molar-refractivity contribution >= 4 is 11.9 Å². The van der Waals surface area contributed by atoms with Crippen LogP contribution in [0.25, 0.3) is 0 Å². The number of hydrogen-bond donors (Lipinski definition) is 2. The number of likely N-dealkylation sites (tertiary alicyclic amines) is 1. The Morgan fingerprint density at radius 3 is 2.29 bits per heavy atom. The SMILES string of the molecule is CC(C)CCC1CCCC1NC(=O)NC1CCN(C(=O)C2CCCCC2)CC1. The minimum absolute atomic E-state index is 0.00139. The monoisotopic (exact) mass is 391 g/mol. The zero-order valence-electron chi connectivity index (χ0n) is 18.0. The van der Waals surface area contributed by atoms with Gasteiger partial charge in [0.15, 0.2) is 0 Å². The second kappa shape index (κ2) is 10.5. The maximum atomic E-state index is 12.7. The molecule has 1 saturated heterocycles. The van der Waals surface area contributed by atoms with Gasteiger partial charge in [-0.3, -0.25) is 4.79 Å². The van der Waals surface area contributed by atoms with E-state index in [-0.39, 0.29) is 18.0 Å². The third-order valence-electron chi connectivity index (χ3n) is 7.19. The molecule has 3 rings (SSSR count). The van der Waals surface area contributed by atoms with Crippen LogP contribution in [-0.4, -0.2) is 42.0 Å². The lowest BCUT2D eigenvalue weighted by Gasteiger charge is -2.35. The van der Waals surface area contributed by atoms with Gasteiger partial charge in [-0.15, -0.1) is 0 Å². The summed E-state index contributed by atoms with van der Waals surface area (Å²) in [5, 5.41) is 6.44. The Balaban J connectivity index is 1.37. The Morgan fingerprint density at radius 2 is 1.61 bits per heavy atom. The van der Waals surface area contributed by atoms with Crippen molar-refractivity contribution in [2.24, 2.45) is 17.8 Å². The van der Waals surface area contributed by atoms with E-state index in [1.54, 1.807) is 0 Å². The number of carbonyl (C=O) groups excluding carboxylic acids is 2. The fraction of sp³-hybridized carbons (Fsp3) is 0.913. The Labute approximate surface area is 171 Å². The van der Waals surface area contributed by atoms with Crippen molar-refractivity contribution in [3.05, 3.63) is 0 Å². The Hall–Kier alpha value is -1.26. The first-order valence-corrected chi connectivity index (χ1v) is 11.9. The number of rotatable bonds is 6. The summed E-state index contributed by atoms with van der Waals surface area (Å²) in [6.07, 6.45) is 13.7. The minimum atomic E-state index is -0.00139. The summed E-state index contributed by atoms with van der Waals surface area (Å²) in [7, 11) is 0. The average molecular weight is 392 g/mol. The van der Waals surface area contributed by atoms with Gasteiger partial charge in [0.05, 0.1) is 0 Å². The molecule has 5 nitrogen and oxygen atoms in total. The van der Waals surface area contributed by atoms with E-state index in [0.29, 0.717) is 17.9 Å². The number of carbonyl (C=O) groups is 2. The number of amides is 3. The molecule has 0 aromatic carbocycles. The molecule has 2 N–H and O–H groups in total. The van der Waals surface area contributed by atoms with E-state index in [4.69, 9.17) is 0 Å². The highest BCUT2D eigenvalue weighted by Crippen LogP contribution is 2.31. The first kappa shape index (κ1) is 21.4. The molecule has 3 amide bonds. The summed E-state index contributed by atoms with van der Waals surface area (Å²) in [5.41, 5.74) is 0. The molecule has 5 heteroatoms. The Bertz CT molecular complexity index is 508. The van der Waals surface area contributed by atoms with Crippen molar-refractivity contribution in [2.75, 3.05) is 13.1 Å². The molecule has 0 aromatic heterocycles. The average Bonchev–Trinajstić information content (AvgIpc) is 3.14. The highest BCUT2D eigenvalue weighted by Gasteiger charge is 2.31. The van der Waals surface area contributed by atoms with Crippen LogP contribution in [0.2, 0.25) is 0 Å². The van der Waals surface area contributed by atoms with Gasteiger partial charge in [0.1, 0.15) is 0 Å². The van der Waals surface area contributed by atoms with Crippen molar-refractivity contribution in [1.29, 1.82) is 0 Å². The van der Waals surface area contributed by atoms with E-state index in [1.165, 1.54) is 44.9 Å². The first-order chi connectivity index (χ1) is 13.5. The lowest BCUT2D eigenvalue weighted by molar-refractivity contribution is -0.137. The summed E-state index contributed by atoms with van der Waals surface area (Å²) in [5.74, 6) is 1.99. The predicted octanol–water partition coefficient (Wildman–Crippen LogP) is 4.46. The first-order valence-electron chi connectivity index (χ1n) is 11.9. The molecule has 3 aliphatic rings. The van der Waals surface area contributed by atoms with Crippen LogP contribution < -0.4 is 10.6 Å². The molecule has 2 atom stereocenters. The standard InChI is InChI=1S/C23H41N3O2/c1-17(2)11-12-18-9-6-10-21(18)25-23(28)24-20-13-15-26(16-14-20)22(27)19-7-4-3-5-8-19/h17-21H,3-16H2,1-2H3,(H2,24,25,28). The molecule has 2 saturated carbocycles. The molecular formula is C23H41N3O2. The zero-order chi connectivity index (χ0) is 19.9. The van der Waals surface area contributed by atoms with Crippen LogP contribution in [0.15, 0.2) is 0 Å². The van der Waals surface area contributed by atoms with E-state index in [2.05, 4.69) is 24.5 Å². The summed E-state index contributed by atoms with van der Waals surface area (Å²) >= 11 is 0. The van der Waals surface area contributed by atoms with E-state index in [1.807, 2.05) is 4.90 Å². The summed E-state index contributed by atoms with van der Waals surface area (Å²) in [6.45, 7) is 6.13. The second-order valence-electron chi connectivity index (χ2n) is 9.82. The third kappa shape index (κ3) is 6.12. The van der Waals surface area contributed by atoms with Gasteiger partial charge in [0, 0.05) is 31.1 Å². The second-order valence-corrected chi connectivity index (χ2v) is 9.82. The van der Waals surface area contributed by atoms with E-state index in [0.717, 1.165) is 51.1 Å². The van der Waals surface area contributed by atoms with Crippen molar-refractivity contribution in [2.45, 2.75) is 103 Å². The van der Waals surface area contributed by atoms with Crippen LogP contribution in [0.1, 0.15) is 90.9 Å². The van der Waals surface area contributed by atoms with Crippen LogP contribution in [-0.2, 0) is 4.79 Å². The van der Waals surface area contributed by atoms with E-state index in [9.17, 15) is 9.59 Å². The van der Waals surface area contributed by atoms with Gasteiger partial charge in [0.25, 0.3) is 0 Å². The number of nitrogens with one attached hydrogen (secondary N) is 2. The van der Waals surface area contributed by atoms with Gasteiger partial charge >= 0.3 is 6.03 Å². The van der Waals surface area contributed by atoms with Crippen LogP contribution in [0.5, 0.6) is 0 Å². The lowest BCUT2D eigenvalue weighted by Crippen LogP contribution is -2.52. The molecule has 28 heavy (non-hydrogen) atoms. The number of hydrogen-bond acceptors (Lipinski definition) is 2. The van der Waals surface area contributed by atoms with Gasteiger partial charge in [-0.05, 0) is 56.8 Å². The molecule has 3 fully saturated rings. The normalized spacial score (nSPS) is 27.2. The fourth-order valence-electron chi connectivity index (χ4n) is 5.37. The molecule has 1 aliphatic heterocycles. The summed E-state index contributed by atoms with van der Waals surface area (Å²) in [6, 6.07) is 0.538. The zero-order valence-corrected chi connectivity index (χ0v) is 18.0. The molecule has 1 heterocycles. The van der Waals surface area contributed by atoms with Crippen molar-refractivity contribution in [3.63, 3.8) is 0 Å². The van der Waals surface area contributed by atoms with Gasteiger partial charge < -0.3 is 15.5 Å². The van der Waals surface area contributed by atoms with E-state index < -0.39 is 0 Å². The summed E-state index contributed by atoms with van der Waals surface area (Å²) in [4.78, 5) is 27.2. The van der Waals surface area contributed by atoms with E-state index >= 15 is 0 Å². The van der Waals surface area contributed by atoms with Crippen molar-refractivity contribution < 1.29 is 9.59 Å². The van der Waals surface area contributed by atoms with Crippen LogP contribution >= 0.6 is 0 Å². The molecule has 0 spiro atoms. The Kier molecular flexibility index (Phi) is 8.04. The highest BCUT2D eigenvalue weighted by atomic mass is 16.2. The molecule has 0 radical (unpaired) electrons. The lowest BCUT2D eigenvalue weighted by atomic mass is 9.87. The van der Waals surface area contributed by atoms with Crippen LogP contribution in [0.3, 0.4) is 0 Å². The topological polar surface area (TPSA) is 61.4 Å². The Morgan fingerprint density at radius 1 is 0.893 bits per heavy atom. The van der Waals surface area contributed by atoms with Crippen molar-refractivity contribution in [1.82, 2.24) is 15.5 Å². The van der Waals surface area contributed by atoms with Gasteiger partial charge in [0.2, 0.25) is 5.91 Å². The summed E-state index contributed by atoms with van der Waals surface area (Å²) < 4.78 is 0. The quantitative estimate of drug-likeness (QED) is 0.702. The molecule has 0 bridgehead atoms. The molecule has 0 aromatic rings. The van der Waals surface area contributed by atoms with Gasteiger partial charge in [-0.2, -0.15) is 0 Å². The van der Waals surface area contributed by atoms with Crippen molar-refractivity contribution in [3.8, 4) is 0 Å². The maximum absolute atomic E-state index is 12.7. The molecule has 2 aliphatic carbocycles. The molecular weight excluding hydrogens is 350 g/mol. The highest BCUT2D eigenvalue weighted by molar-refractivity contribution is 5.79. The van der Waals surface area contributed by atoms with Crippen LogP contribution in [0, 0.1) is 17.8 Å². The van der Waals surface area contributed by atoms with Crippen LogP contribution in [0.4, 0.5) is 4.79 Å². The fourth-order valence-corrected chi connectivity index (χ4v) is 5.37. The third-order valence-corrected chi connectivity index (χ3v) is 7.19. The number of urea groups is 1.